The summed E-state index contributed by atoms with van der Waals surface area (Å²) in [7, 11) is 1.69. The quantitative estimate of drug-likeness (QED) is 0.324. The second kappa shape index (κ2) is 9.98. The predicted molar refractivity (Wildman–Crippen MR) is 143 cm³/mol. The van der Waals surface area contributed by atoms with E-state index in [1.165, 1.54) is 16.7 Å². The molecule has 0 fully saturated rings. The van der Waals surface area contributed by atoms with Gasteiger partial charge in [0.15, 0.2) is 10.9 Å². The van der Waals surface area contributed by atoms with Gasteiger partial charge in [-0.25, -0.2) is 0 Å². The Hall–Kier alpha value is -3.18. The van der Waals surface area contributed by atoms with Crippen LogP contribution in [0.3, 0.4) is 0 Å². The van der Waals surface area contributed by atoms with Crippen LogP contribution in [0.25, 0.3) is 0 Å². The molecule has 0 spiro atoms. The summed E-state index contributed by atoms with van der Waals surface area (Å²) in [5.74, 6) is 0.882. The van der Waals surface area contributed by atoms with Crippen molar-refractivity contribution in [3.05, 3.63) is 94.5 Å². The molecule has 0 radical (unpaired) electrons. The van der Waals surface area contributed by atoms with Crippen molar-refractivity contribution in [2.24, 2.45) is 0 Å². The van der Waals surface area contributed by atoms with Crippen LogP contribution in [-0.4, -0.2) is 18.0 Å². The third-order valence-electron chi connectivity index (χ3n) is 6.37. The summed E-state index contributed by atoms with van der Waals surface area (Å²) < 4.78 is 5.37. The highest BCUT2D eigenvalue weighted by molar-refractivity contribution is 7.80. The first kappa shape index (κ1) is 24.0. The standard InChI is InChI=1S/C29H32N2O2S/c1-29(2,3)22-13-11-19(12-14-22)27(32)21-8-5-9-23(17-21)30-28(34)31-26-10-6-7-20-18-24(33-4)15-16-25(20)26/h5,8-9,11-18,26H,6-7,10H2,1-4H3,(H2,30,31,34)/t26-/m0/s1. The van der Waals surface area contributed by atoms with Crippen molar-refractivity contribution in [3.63, 3.8) is 0 Å². The molecule has 1 atom stereocenters. The van der Waals surface area contributed by atoms with E-state index >= 15 is 0 Å². The minimum absolute atomic E-state index is 0.00172. The highest BCUT2D eigenvalue weighted by Gasteiger charge is 2.21. The molecule has 176 valence electrons. The Morgan fingerprint density at radius 2 is 1.76 bits per heavy atom. The van der Waals surface area contributed by atoms with E-state index in [4.69, 9.17) is 17.0 Å². The van der Waals surface area contributed by atoms with Gasteiger partial charge in [0.2, 0.25) is 0 Å². The van der Waals surface area contributed by atoms with Crippen LogP contribution in [0.4, 0.5) is 5.69 Å². The Balaban J connectivity index is 1.44. The average Bonchev–Trinajstić information content (AvgIpc) is 2.83. The molecule has 2 N–H and O–H groups in total. The second-order valence-corrected chi connectivity index (χ2v) is 10.3. The van der Waals surface area contributed by atoms with E-state index in [9.17, 15) is 4.79 Å². The van der Waals surface area contributed by atoms with Crippen LogP contribution in [0.5, 0.6) is 5.75 Å². The number of ether oxygens (including phenoxy) is 1. The van der Waals surface area contributed by atoms with Crippen LogP contribution in [0.2, 0.25) is 0 Å². The van der Waals surface area contributed by atoms with Crippen LogP contribution in [-0.2, 0) is 11.8 Å². The van der Waals surface area contributed by atoms with Gasteiger partial charge in [-0.1, -0.05) is 63.2 Å². The zero-order valence-electron chi connectivity index (χ0n) is 20.3. The number of benzene rings is 3. The van der Waals surface area contributed by atoms with Gasteiger partial charge < -0.3 is 15.4 Å². The van der Waals surface area contributed by atoms with E-state index in [2.05, 4.69) is 43.5 Å². The molecular formula is C29H32N2O2S. The molecular weight excluding hydrogens is 440 g/mol. The normalized spacial score (nSPS) is 15.2. The molecule has 4 nitrogen and oxygen atoms in total. The van der Waals surface area contributed by atoms with Gasteiger partial charge in [0.05, 0.1) is 13.2 Å². The van der Waals surface area contributed by atoms with Gasteiger partial charge in [-0.05, 0) is 77.9 Å². The van der Waals surface area contributed by atoms with Crippen molar-refractivity contribution in [3.8, 4) is 5.75 Å². The summed E-state index contributed by atoms with van der Waals surface area (Å²) in [5.41, 5.74) is 5.93. The molecule has 0 bridgehead atoms. The Kier molecular flexibility index (Phi) is 7.03. The molecule has 0 saturated heterocycles. The molecule has 5 heteroatoms. The lowest BCUT2D eigenvalue weighted by atomic mass is 9.86. The van der Waals surface area contributed by atoms with E-state index in [1.54, 1.807) is 7.11 Å². The van der Waals surface area contributed by atoms with Crippen LogP contribution in [0.15, 0.2) is 66.7 Å². The molecule has 34 heavy (non-hydrogen) atoms. The number of carbonyl (C=O) groups excluding carboxylic acids is 1. The number of fused-ring (bicyclic) bond motifs is 1. The minimum Gasteiger partial charge on any atom is -0.497 e. The molecule has 3 aromatic rings. The highest BCUT2D eigenvalue weighted by Crippen LogP contribution is 2.32. The lowest BCUT2D eigenvalue weighted by Gasteiger charge is -2.28. The molecule has 0 aliphatic heterocycles. The lowest BCUT2D eigenvalue weighted by molar-refractivity contribution is 0.103. The van der Waals surface area contributed by atoms with Crippen molar-refractivity contribution in [2.45, 2.75) is 51.5 Å². The van der Waals surface area contributed by atoms with E-state index in [0.717, 1.165) is 30.7 Å². The highest BCUT2D eigenvalue weighted by atomic mass is 32.1. The Morgan fingerprint density at radius 3 is 2.47 bits per heavy atom. The third kappa shape index (κ3) is 5.48. The Morgan fingerprint density at radius 1 is 1.00 bits per heavy atom. The summed E-state index contributed by atoms with van der Waals surface area (Å²) in [4.78, 5) is 13.1. The van der Waals surface area contributed by atoms with Gasteiger partial charge in [0, 0.05) is 16.8 Å². The Labute approximate surface area is 207 Å². The first-order valence-corrected chi connectivity index (χ1v) is 12.1. The topological polar surface area (TPSA) is 50.4 Å². The first-order valence-electron chi connectivity index (χ1n) is 11.7. The van der Waals surface area contributed by atoms with Crippen molar-refractivity contribution >= 4 is 28.8 Å². The minimum atomic E-state index is -0.00172. The second-order valence-electron chi connectivity index (χ2n) is 9.85. The van der Waals surface area contributed by atoms with Crippen LogP contribution >= 0.6 is 12.2 Å². The van der Waals surface area contributed by atoms with Crippen molar-refractivity contribution < 1.29 is 9.53 Å². The molecule has 1 aliphatic carbocycles. The molecule has 1 aliphatic rings. The molecule has 3 aromatic carbocycles. The molecule has 0 amide bonds. The number of aryl methyl sites for hydroxylation is 1. The summed E-state index contributed by atoms with van der Waals surface area (Å²) in [5, 5.41) is 7.27. The smallest absolute Gasteiger partial charge is 0.193 e. The van der Waals surface area contributed by atoms with E-state index < -0.39 is 0 Å². The van der Waals surface area contributed by atoms with Gasteiger partial charge in [-0.15, -0.1) is 0 Å². The molecule has 0 heterocycles. The number of hydrogen-bond donors (Lipinski definition) is 2. The number of thiocarbonyl (C=S) groups is 1. The first-order chi connectivity index (χ1) is 16.2. The summed E-state index contributed by atoms with van der Waals surface area (Å²) in [6, 6.07) is 21.8. The lowest BCUT2D eigenvalue weighted by Crippen LogP contribution is -2.34. The zero-order chi connectivity index (χ0) is 24.3. The van der Waals surface area contributed by atoms with Crippen LogP contribution in [0, 0.1) is 0 Å². The van der Waals surface area contributed by atoms with Crippen LogP contribution in [0.1, 0.15) is 72.3 Å². The molecule has 4 rings (SSSR count). The van der Waals surface area contributed by atoms with E-state index in [-0.39, 0.29) is 17.2 Å². The van der Waals surface area contributed by atoms with Gasteiger partial charge in [0.1, 0.15) is 5.75 Å². The number of rotatable bonds is 5. The predicted octanol–water partition coefficient (Wildman–Crippen LogP) is 6.59. The maximum absolute atomic E-state index is 13.1. The third-order valence-corrected chi connectivity index (χ3v) is 6.59. The van der Waals surface area contributed by atoms with Gasteiger partial charge >= 0.3 is 0 Å². The molecule has 0 saturated carbocycles. The summed E-state index contributed by atoms with van der Waals surface area (Å²) in [6.07, 6.45) is 3.16. The number of methoxy groups -OCH3 is 1. The largest absolute Gasteiger partial charge is 0.497 e. The van der Waals surface area contributed by atoms with Gasteiger partial charge in [-0.3, -0.25) is 4.79 Å². The van der Waals surface area contributed by atoms with Gasteiger partial charge in [-0.2, -0.15) is 0 Å². The summed E-state index contributed by atoms with van der Waals surface area (Å²) >= 11 is 5.61. The maximum Gasteiger partial charge on any atom is 0.193 e. The fourth-order valence-electron chi connectivity index (χ4n) is 4.42. The molecule has 0 aromatic heterocycles. The number of hydrogen-bond acceptors (Lipinski definition) is 3. The fraction of sp³-hybridized carbons (Fsp3) is 0.310. The van der Waals surface area contributed by atoms with Crippen molar-refractivity contribution in [2.75, 3.05) is 12.4 Å². The zero-order valence-corrected chi connectivity index (χ0v) is 21.1. The number of carbonyl (C=O) groups is 1. The van der Waals surface area contributed by atoms with E-state index in [0.29, 0.717) is 16.2 Å². The number of anilines is 1. The molecule has 0 unspecified atom stereocenters. The SMILES string of the molecule is COc1ccc2c(c1)CCC[C@@H]2NC(=S)Nc1cccc(C(=O)c2ccc(C(C)(C)C)cc2)c1. The maximum atomic E-state index is 13.1. The average molecular weight is 473 g/mol. The number of ketones is 1. The van der Waals surface area contributed by atoms with Gasteiger partial charge in [0.25, 0.3) is 0 Å². The summed E-state index contributed by atoms with van der Waals surface area (Å²) in [6.45, 7) is 6.50. The number of nitrogens with one attached hydrogen (secondary N) is 2. The van der Waals surface area contributed by atoms with Crippen molar-refractivity contribution in [1.82, 2.24) is 5.32 Å². The fourth-order valence-corrected chi connectivity index (χ4v) is 4.68. The van der Waals surface area contributed by atoms with Crippen LogP contribution < -0.4 is 15.4 Å². The Bertz CT molecular complexity index is 1200. The van der Waals surface area contributed by atoms with Crippen molar-refractivity contribution in [1.29, 1.82) is 0 Å². The van der Waals surface area contributed by atoms with E-state index in [1.807, 2.05) is 54.6 Å². The monoisotopic (exact) mass is 472 g/mol.